The number of aliphatic carboxylic acids is 1. The summed E-state index contributed by atoms with van der Waals surface area (Å²) in [6.07, 6.45) is 1.71. The van der Waals surface area contributed by atoms with Crippen LogP contribution in [0.4, 0.5) is 0 Å². The highest BCUT2D eigenvalue weighted by molar-refractivity contribution is 5.79. The van der Waals surface area contributed by atoms with E-state index in [-0.39, 0.29) is 18.7 Å². The van der Waals surface area contributed by atoms with E-state index in [1.807, 2.05) is 48.5 Å². The lowest BCUT2D eigenvalue weighted by atomic mass is 10.0. The van der Waals surface area contributed by atoms with Crippen molar-refractivity contribution in [2.75, 3.05) is 0 Å². The molecule has 0 bridgehead atoms. The molecule has 6 heteroatoms. The highest BCUT2D eigenvalue weighted by Crippen LogP contribution is 2.17. The van der Waals surface area contributed by atoms with Crippen molar-refractivity contribution in [2.45, 2.75) is 18.9 Å². The van der Waals surface area contributed by atoms with Gasteiger partial charge in [0.25, 0.3) is 0 Å². The Morgan fingerprint density at radius 1 is 1.00 bits per heavy atom. The van der Waals surface area contributed by atoms with Crippen molar-refractivity contribution in [1.82, 2.24) is 15.1 Å². The topological polar surface area (TPSA) is 84.2 Å². The molecule has 2 aromatic carbocycles. The third kappa shape index (κ3) is 4.57. The molecule has 0 aliphatic carbocycles. The number of para-hydroxylation sites is 1. The summed E-state index contributed by atoms with van der Waals surface area (Å²) in [5.41, 5.74) is 2.29. The predicted octanol–water partition coefficient (Wildman–Crippen LogP) is 2.75. The van der Waals surface area contributed by atoms with E-state index in [2.05, 4.69) is 10.4 Å². The van der Waals surface area contributed by atoms with Crippen molar-refractivity contribution in [3.8, 4) is 5.69 Å². The monoisotopic (exact) mass is 349 g/mol. The molecule has 0 radical (unpaired) electrons. The molecule has 2 N–H and O–H groups in total. The molecule has 1 atom stereocenters. The van der Waals surface area contributed by atoms with Crippen LogP contribution >= 0.6 is 0 Å². The fourth-order valence-electron chi connectivity index (χ4n) is 2.70. The van der Waals surface area contributed by atoms with Crippen LogP contribution in [0.15, 0.2) is 72.9 Å². The molecule has 132 valence electrons. The lowest BCUT2D eigenvalue weighted by Gasteiger charge is -2.17. The number of aromatic nitrogens is 2. The molecule has 26 heavy (non-hydrogen) atoms. The second kappa shape index (κ2) is 8.11. The summed E-state index contributed by atoms with van der Waals surface area (Å²) in [5.74, 6) is -1.23. The average Bonchev–Trinajstić information content (AvgIpc) is 3.10. The molecule has 1 heterocycles. The van der Waals surface area contributed by atoms with Crippen LogP contribution in [0.25, 0.3) is 5.69 Å². The Morgan fingerprint density at radius 3 is 2.31 bits per heavy atom. The van der Waals surface area contributed by atoms with Gasteiger partial charge in [0.15, 0.2) is 0 Å². The molecule has 0 aliphatic heterocycles. The van der Waals surface area contributed by atoms with Gasteiger partial charge in [-0.1, -0.05) is 48.5 Å². The number of benzene rings is 2. The second-order valence-corrected chi connectivity index (χ2v) is 5.89. The molecular weight excluding hydrogens is 330 g/mol. The Hall–Kier alpha value is -3.41. The minimum Gasteiger partial charge on any atom is -0.481 e. The SMILES string of the molecule is O=C(O)C[C@@H](NC(=O)Cc1ccn(-c2ccccc2)n1)c1ccccc1. The van der Waals surface area contributed by atoms with Crippen LogP contribution in [0.3, 0.4) is 0 Å². The van der Waals surface area contributed by atoms with Crippen LogP contribution in [0.1, 0.15) is 23.7 Å². The van der Waals surface area contributed by atoms with E-state index in [1.54, 1.807) is 29.1 Å². The van der Waals surface area contributed by atoms with E-state index < -0.39 is 12.0 Å². The van der Waals surface area contributed by atoms with Gasteiger partial charge in [-0.25, -0.2) is 4.68 Å². The number of hydrogen-bond donors (Lipinski definition) is 2. The number of carbonyl (C=O) groups is 2. The van der Waals surface area contributed by atoms with E-state index in [0.29, 0.717) is 5.69 Å². The van der Waals surface area contributed by atoms with Crippen LogP contribution in [-0.4, -0.2) is 26.8 Å². The lowest BCUT2D eigenvalue weighted by Crippen LogP contribution is -2.31. The Morgan fingerprint density at radius 2 is 1.65 bits per heavy atom. The summed E-state index contributed by atoms with van der Waals surface area (Å²) in [7, 11) is 0. The molecule has 6 nitrogen and oxygen atoms in total. The zero-order chi connectivity index (χ0) is 18.4. The van der Waals surface area contributed by atoms with Crippen LogP contribution in [0.2, 0.25) is 0 Å². The van der Waals surface area contributed by atoms with Crippen LogP contribution < -0.4 is 5.32 Å². The van der Waals surface area contributed by atoms with Crippen molar-refractivity contribution in [1.29, 1.82) is 0 Å². The molecular formula is C20H19N3O3. The third-order valence-electron chi connectivity index (χ3n) is 3.92. The standard InChI is InChI=1S/C20H19N3O3/c24-19(21-18(14-20(25)26)15-7-3-1-4-8-15)13-16-11-12-23(22-16)17-9-5-2-6-10-17/h1-12,18H,13-14H2,(H,21,24)(H,25,26)/t18-/m1/s1. The second-order valence-electron chi connectivity index (χ2n) is 5.89. The Labute approximate surface area is 151 Å². The Kier molecular flexibility index (Phi) is 5.43. The van der Waals surface area contributed by atoms with Crippen molar-refractivity contribution in [2.24, 2.45) is 0 Å². The van der Waals surface area contributed by atoms with Crippen molar-refractivity contribution < 1.29 is 14.7 Å². The first kappa shape index (κ1) is 17.4. The van der Waals surface area contributed by atoms with Gasteiger partial charge in [-0.2, -0.15) is 5.10 Å². The Balaban J connectivity index is 1.67. The van der Waals surface area contributed by atoms with Gasteiger partial charge >= 0.3 is 5.97 Å². The highest BCUT2D eigenvalue weighted by atomic mass is 16.4. The minimum atomic E-state index is -0.965. The van der Waals surface area contributed by atoms with Gasteiger partial charge in [-0.3, -0.25) is 9.59 Å². The number of carbonyl (C=O) groups excluding carboxylic acids is 1. The number of carboxylic acids is 1. The summed E-state index contributed by atoms with van der Waals surface area (Å²) in [4.78, 5) is 23.5. The van der Waals surface area contributed by atoms with Gasteiger partial charge in [-0.05, 0) is 23.8 Å². The molecule has 0 unspecified atom stereocenters. The number of rotatable bonds is 7. The smallest absolute Gasteiger partial charge is 0.305 e. The van der Waals surface area contributed by atoms with E-state index in [4.69, 9.17) is 5.11 Å². The number of carboxylic acid groups (broad SMARTS) is 1. The van der Waals surface area contributed by atoms with Crippen molar-refractivity contribution in [3.63, 3.8) is 0 Å². The number of nitrogens with one attached hydrogen (secondary N) is 1. The van der Waals surface area contributed by atoms with Crippen LogP contribution in [-0.2, 0) is 16.0 Å². The van der Waals surface area contributed by atoms with E-state index >= 15 is 0 Å². The van der Waals surface area contributed by atoms with Gasteiger partial charge in [0, 0.05) is 6.20 Å². The summed E-state index contributed by atoms with van der Waals surface area (Å²) < 4.78 is 1.70. The van der Waals surface area contributed by atoms with E-state index in [9.17, 15) is 9.59 Å². The van der Waals surface area contributed by atoms with Gasteiger partial charge < -0.3 is 10.4 Å². The minimum absolute atomic E-state index is 0.0861. The Bertz CT molecular complexity index is 876. The van der Waals surface area contributed by atoms with Crippen LogP contribution in [0.5, 0.6) is 0 Å². The first-order chi connectivity index (χ1) is 12.6. The normalized spacial score (nSPS) is 11.7. The van der Waals surface area contributed by atoms with Crippen molar-refractivity contribution in [3.05, 3.63) is 84.2 Å². The maximum absolute atomic E-state index is 12.4. The fourth-order valence-corrected chi connectivity index (χ4v) is 2.70. The molecule has 1 amide bonds. The number of hydrogen-bond acceptors (Lipinski definition) is 3. The molecule has 3 rings (SSSR count). The quantitative estimate of drug-likeness (QED) is 0.687. The molecule has 0 fully saturated rings. The van der Waals surface area contributed by atoms with Gasteiger partial charge in [0.1, 0.15) is 0 Å². The first-order valence-electron chi connectivity index (χ1n) is 8.28. The third-order valence-corrected chi connectivity index (χ3v) is 3.92. The lowest BCUT2D eigenvalue weighted by molar-refractivity contribution is -0.137. The number of amides is 1. The van der Waals surface area contributed by atoms with Gasteiger partial charge in [-0.15, -0.1) is 0 Å². The first-order valence-corrected chi connectivity index (χ1v) is 8.28. The molecule has 3 aromatic rings. The summed E-state index contributed by atoms with van der Waals surface area (Å²) in [6, 6.07) is 19.9. The summed E-state index contributed by atoms with van der Waals surface area (Å²) in [6.45, 7) is 0. The molecule has 0 aliphatic rings. The molecule has 0 saturated heterocycles. The maximum atomic E-state index is 12.4. The van der Waals surface area contributed by atoms with E-state index in [1.165, 1.54) is 0 Å². The summed E-state index contributed by atoms with van der Waals surface area (Å²) >= 11 is 0. The highest BCUT2D eigenvalue weighted by Gasteiger charge is 2.18. The largest absolute Gasteiger partial charge is 0.481 e. The van der Waals surface area contributed by atoms with Gasteiger partial charge in [0.05, 0.1) is 30.3 Å². The maximum Gasteiger partial charge on any atom is 0.305 e. The summed E-state index contributed by atoms with van der Waals surface area (Å²) in [5, 5.41) is 16.3. The van der Waals surface area contributed by atoms with E-state index in [0.717, 1.165) is 11.3 Å². The van der Waals surface area contributed by atoms with Crippen LogP contribution in [0, 0.1) is 0 Å². The fraction of sp³-hybridized carbons (Fsp3) is 0.150. The average molecular weight is 349 g/mol. The molecule has 0 spiro atoms. The van der Waals surface area contributed by atoms with Gasteiger partial charge in [0.2, 0.25) is 5.91 Å². The number of nitrogens with zero attached hydrogens (tertiary/aromatic N) is 2. The molecule has 1 aromatic heterocycles. The van der Waals surface area contributed by atoms with Crippen molar-refractivity contribution >= 4 is 11.9 Å². The molecule has 0 saturated carbocycles. The zero-order valence-electron chi connectivity index (χ0n) is 14.1. The predicted molar refractivity (Wildman–Crippen MR) is 96.8 cm³/mol. The zero-order valence-corrected chi connectivity index (χ0v) is 14.1.